The molecule has 1 saturated heterocycles. The maximum atomic E-state index is 6.19. The Morgan fingerprint density at radius 3 is 3.29 bits per heavy atom. The Morgan fingerprint density at radius 2 is 2.36 bits per heavy atom. The van der Waals surface area contributed by atoms with E-state index < -0.39 is 0 Å². The molecule has 0 bridgehead atoms. The molecule has 2 heterocycles. The zero-order valence-corrected chi connectivity index (χ0v) is 8.55. The van der Waals surface area contributed by atoms with Crippen LogP contribution >= 0.6 is 11.6 Å². The third-order valence-electron chi connectivity index (χ3n) is 3.12. The van der Waals surface area contributed by atoms with E-state index >= 15 is 0 Å². The van der Waals surface area contributed by atoms with Crippen molar-refractivity contribution in [3.05, 3.63) is 28.8 Å². The molecule has 2 atom stereocenters. The van der Waals surface area contributed by atoms with Crippen LogP contribution in [0.4, 0.5) is 5.69 Å². The van der Waals surface area contributed by atoms with Gasteiger partial charge >= 0.3 is 0 Å². The fourth-order valence-corrected chi connectivity index (χ4v) is 2.75. The quantitative estimate of drug-likeness (QED) is 0.710. The summed E-state index contributed by atoms with van der Waals surface area (Å²) in [7, 11) is 0. The molecule has 0 aromatic heterocycles. The van der Waals surface area contributed by atoms with Gasteiger partial charge in [0.1, 0.15) is 0 Å². The van der Waals surface area contributed by atoms with Crippen molar-refractivity contribution in [1.29, 1.82) is 0 Å². The van der Waals surface area contributed by atoms with Gasteiger partial charge in [0.2, 0.25) is 0 Å². The molecule has 0 aliphatic carbocycles. The van der Waals surface area contributed by atoms with Crippen molar-refractivity contribution in [2.75, 3.05) is 18.5 Å². The van der Waals surface area contributed by atoms with E-state index in [2.05, 4.69) is 11.4 Å². The molecule has 0 spiro atoms. The van der Waals surface area contributed by atoms with Crippen molar-refractivity contribution in [3.8, 4) is 0 Å². The minimum atomic E-state index is 0.451. The van der Waals surface area contributed by atoms with Crippen LogP contribution in [0.1, 0.15) is 17.9 Å². The molecule has 0 radical (unpaired) electrons. The first-order valence-corrected chi connectivity index (χ1v) is 5.37. The first-order chi connectivity index (χ1) is 6.86. The average Bonchev–Trinajstić information content (AvgIpc) is 2.57. The molecule has 3 rings (SSSR count). The Morgan fingerprint density at radius 1 is 1.43 bits per heavy atom. The van der Waals surface area contributed by atoms with Crippen molar-refractivity contribution in [3.63, 3.8) is 0 Å². The lowest BCUT2D eigenvalue weighted by Gasteiger charge is -2.25. The number of rotatable bonds is 0. The van der Waals surface area contributed by atoms with Crippen molar-refractivity contribution < 1.29 is 4.74 Å². The van der Waals surface area contributed by atoms with Gasteiger partial charge in [-0.2, -0.15) is 0 Å². The summed E-state index contributed by atoms with van der Waals surface area (Å²) in [5.74, 6) is 0.451. The van der Waals surface area contributed by atoms with Crippen LogP contribution in [0.5, 0.6) is 0 Å². The number of ether oxygens (including phenoxy) is 1. The van der Waals surface area contributed by atoms with E-state index in [4.69, 9.17) is 16.3 Å². The highest BCUT2D eigenvalue weighted by atomic mass is 35.5. The molecule has 2 aliphatic rings. The van der Waals surface area contributed by atoms with E-state index in [0.29, 0.717) is 12.0 Å². The van der Waals surface area contributed by atoms with Gasteiger partial charge < -0.3 is 10.1 Å². The van der Waals surface area contributed by atoms with Gasteiger partial charge in [-0.15, -0.1) is 0 Å². The monoisotopic (exact) mass is 209 g/mol. The number of anilines is 1. The maximum Gasteiger partial charge on any atom is 0.0555 e. The highest BCUT2D eigenvalue weighted by molar-refractivity contribution is 6.32. The molecule has 2 nitrogen and oxygen atoms in total. The SMILES string of the molecule is Clc1cccc2c1C1COCCC1N2. The zero-order chi connectivity index (χ0) is 9.54. The van der Waals surface area contributed by atoms with Gasteiger partial charge in [-0.05, 0) is 18.6 Å². The number of hydrogen-bond donors (Lipinski definition) is 1. The van der Waals surface area contributed by atoms with Crippen LogP contribution in [0.15, 0.2) is 18.2 Å². The van der Waals surface area contributed by atoms with Crippen molar-refractivity contribution in [1.82, 2.24) is 0 Å². The molecule has 2 aliphatic heterocycles. The largest absolute Gasteiger partial charge is 0.381 e. The summed E-state index contributed by atoms with van der Waals surface area (Å²) in [6.45, 7) is 1.66. The molecular weight excluding hydrogens is 198 g/mol. The number of nitrogens with one attached hydrogen (secondary N) is 1. The van der Waals surface area contributed by atoms with Gasteiger partial charge in [0.05, 0.1) is 6.61 Å². The Bertz CT molecular complexity index is 366. The predicted octanol–water partition coefficient (Wildman–Crippen LogP) is 2.64. The van der Waals surface area contributed by atoms with Crippen molar-refractivity contribution in [2.24, 2.45) is 0 Å². The van der Waals surface area contributed by atoms with Crippen molar-refractivity contribution >= 4 is 17.3 Å². The van der Waals surface area contributed by atoms with E-state index in [1.54, 1.807) is 0 Å². The van der Waals surface area contributed by atoms with Crippen LogP contribution in [0.25, 0.3) is 0 Å². The summed E-state index contributed by atoms with van der Waals surface area (Å²) in [5, 5.41) is 4.38. The van der Waals surface area contributed by atoms with Gasteiger partial charge in [-0.1, -0.05) is 17.7 Å². The second-order valence-electron chi connectivity index (χ2n) is 3.92. The average molecular weight is 210 g/mol. The Labute approximate surface area is 88.2 Å². The Kier molecular flexibility index (Phi) is 1.92. The fourth-order valence-electron chi connectivity index (χ4n) is 2.43. The summed E-state index contributed by atoms with van der Waals surface area (Å²) in [6, 6.07) is 6.57. The van der Waals surface area contributed by atoms with E-state index in [1.807, 2.05) is 12.1 Å². The molecule has 1 N–H and O–H groups in total. The third-order valence-corrected chi connectivity index (χ3v) is 3.45. The second kappa shape index (κ2) is 3.14. The summed E-state index contributed by atoms with van der Waals surface area (Å²) in [5.41, 5.74) is 2.44. The first kappa shape index (κ1) is 8.57. The first-order valence-electron chi connectivity index (χ1n) is 4.99. The van der Waals surface area contributed by atoms with E-state index in [1.165, 1.54) is 11.3 Å². The second-order valence-corrected chi connectivity index (χ2v) is 4.33. The summed E-state index contributed by atoms with van der Waals surface area (Å²) in [6.07, 6.45) is 1.08. The predicted molar refractivity (Wildman–Crippen MR) is 57.0 cm³/mol. The highest BCUT2D eigenvalue weighted by Crippen LogP contribution is 2.42. The maximum absolute atomic E-state index is 6.19. The van der Waals surface area contributed by atoms with Gasteiger partial charge in [0, 0.05) is 34.8 Å². The van der Waals surface area contributed by atoms with Crippen LogP contribution < -0.4 is 5.32 Å². The summed E-state index contributed by atoms with van der Waals surface area (Å²) in [4.78, 5) is 0. The Hall–Kier alpha value is -0.730. The lowest BCUT2D eigenvalue weighted by atomic mass is 9.92. The van der Waals surface area contributed by atoms with Gasteiger partial charge in [0.15, 0.2) is 0 Å². The topological polar surface area (TPSA) is 21.3 Å². The molecule has 14 heavy (non-hydrogen) atoms. The molecule has 0 amide bonds. The summed E-state index contributed by atoms with van der Waals surface area (Å²) < 4.78 is 5.50. The molecule has 3 heteroatoms. The smallest absolute Gasteiger partial charge is 0.0555 e. The van der Waals surface area contributed by atoms with E-state index in [-0.39, 0.29) is 0 Å². The normalized spacial score (nSPS) is 29.2. The number of benzene rings is 1. The minimum absolute atomic E-state index is 0.451. The van der Waals surface area contributed by atoms with Gasteiger partial charge in [-0.3, -0.25) is 0 Å². The molecule has 1 aromatic rings. The molecule has 1 aromatic carbocycles. The molecular formula is C11H12ClNO. The molecule has 1 fully saturated rings. The number of hydrogen-bond acceptors (Lipinski definition) is 2. The van der Waals surface area contributed by atoms with Crippen molar-refractivity contribution in [2.45, 2.75) is 18.4 Å². The van der Waals surface area contributed by atoms with Gasteiger partial charge in [0.25, 0.3) is 0 Å². The number of halogens is 1. The van der Waals surface area contributed by atoms with Gasteiger partial charge in [-0.25, -0.2) is 0 Å². The van der Waals surface area contributed by atoms with Crippen LogP contribution in [-0.2, 0) is 4.74 Å². The van der Waals surface area contributed by atoms with Crippen LogP contribution in [0.2, 0.25) is 5.02 Å². The number of fused-ring (bicyclic) bond motifs is 3. The lowest BCUT2D eigenvalue weighted by Crippen LogP contribution is -2.30. The minimum Gasteiger partial charge on any atom is -0.381 e. The molecule has 74 valence electrons. The fraction of sp³-hybridized carbons (Fsp3) is 0.455. The molecule has 2 unspecified atom stereocenters. The third kappa shape index (κ3) is 1.14. The zero-order valence-electron chi connectivity index (χ0n) is 7.79. The Balaban J connectivity index is 2.06. The highest BCUT2D eigenvalue weighted by Gasteiger charge is 2.35. The molecule has 0 saturated carbocycles. The van der Waals surface area contributed by atoms with Crippen LogP contribution in [0, 0.1) is 0 Å². The van der Waals surface area contributed by atoms with E-state index in [9.17, 15) is 0 Å². The van der Waals surface area contributed by atoms with Crippen LogP contribution in [-0.4, -0.2) is 19.3 Å². The summed E-state index contributed by atoms with van der Waals surface area (Å²) >= 11 is 6.19. The lowest BCUT2D eigenvalue weighted by molar-refractivity contribution is 0.0769. The van der Waals surface area contributed by atoms with Crippen LogP contribution in [0.3, 0.4) is 0 Å². The standard InChI is InChI=1S/C11H12ClNO/c12-8-2-1-3-10-11(8)7-6-14-5-4-9(7)13-10/h1-3,7,9,13H,4-6H2. The van der Waals surface area contributed by atoms with E-state index in [0.717, 1.165) is 24.7 Å².